The van der Waals surface area contributed by atoms with Gasteiger partial charge in [0, 0.05) is 18.2 Å². The van der Waals surface area contributed by atoms with Crippen molar-refractivity contribution in [2.24, 2.45) is 0 Å². The number of rotatable bonds is 8. The summed E-state index contributed by atoms with van der Waals surface area (Å²) in [6.45, 7) is 12.8. The van der Waals surface area contributed by atoms with E-state index >= 15 is 0 Å². The van der Waals surface area contributed by atoms with E-state index in [1.165, 1.54) is 0 Å². The van der Waals surface area contributed by atoms with Crippen LogP contribution in [0.1, 0.15) is 27.2 Å². The largest absolute Gasteiger partial charge is 0.463 e. The predicted molar refractivity (Wildman–Crippen MR) is 68.9 cm³/mol. The Morgan fingerprint density at radius 3 is 2.38 bits per heavy atom. The van der Waals surface area contributed by atoms with E-state index < -0.39 is 8.32 Å². The Balaban J connectivity index is 4.02. The third-order valence-electron chi connectivity index (χ3n) is 2.48. The van der Waals surface area contributed by atoms with E-state index in [9.17, 15) is 4.79 Å². The smallest absolute Gasteiger partial charge is 0.333 e. The standard InChI is InChI=1S/C12H24O3Si/c1-6-9-16(5,15-7-2)10-8-14-12(13)11(3)4/h3,6-10H2,1-2,4-5H3. The van der Waals surface area contributed by atoms with Gasteiger partial charge >= 0.3 is 5.97 Å². The predicted octanol–water partition coefficient (Wildman–Crippen LogP) is 3.13. The normalized spacial score (nSPS) is 14.2. The Morgan fingerprint density at radius 2 is 1.94 bits per heavy atom. The summed E-state index contributed by atoms with van der Waals surface area (Å²) < 4.78 is 10.9. The first kappa shape index (κ1) is 15.4. The van der Waals surface area contributed by atoms with Gasteiger partial charge in [-0.2, -0.15) is 0 Å². The van der Waals surface area contributed by atoms with Gasteiger partial charge in [-0.25, -0.2) is 4.79 Å². The van der Waals surface area contributed by atoms with Crippen LogP contribution in [-0.2, 0) is 14.0 Å². The van der Waals surface area contributed by atoms with E-state index in [1.54, 1.807) is 6.92 Å². The Hall–Kier alpha value is -0.613. The molecule has 0 aromatic heterocycles. The highest BCUT2D eigenvalue weighted by atomic mass is 28.4. The van der Waals surface area contributed by atoms with Crippen molar-refractivity contribution < 1.29 is 14.0 Å². The maximum Gasteiger partial charge on any atom is 0.333 e. The Morgan fingerprint density at radius 1 is 1.31 bits per heavy atom. The van der Waals surface area contributed by atoms with Crippen molar-refractivity contribution in [2.75, 3.05) is 13.2 Å². The second kappa shape index (κ2) is 7.63. The first-order valence-corrected chi connectivity index (χ1v) is 8.74. The van der Waals surface area contributed by atoms with Crippen molar-refractivity contribution in [3.63, 3.8) is 0 Å². The third kappa shape index (κ3) is 6.08. The number of carbonyl (C=O) groups is 1. The van der Waals surface area contributed by atoms with Crippen LogP contribution in [0.5, 0.6) is 0 Å². The lowest BCUT2D eigenvalue weighted by Gasteiger charge is -2.26. The lowest BCUT2D eigenvalue weighted by Crippen LogP contribution is -2.35. The average Bonchev–Trinajstić information content (AvgIpc) is 2.17. The van der Waals surface area contributed by atoms with Gasteiger partial charge in [-0.3, -0.25) is 0 Å². The van der Waals surface area contributed by atoms with Crippen LogP contribution in [0.15, 0.2) is 12.2 Å². The summed E-state index contributed by atoms with van der Waals surface area (Å²) in [7, 11) is -1.66. The van der Waals surface area contributed by atoms with Crippen molar-refractivity contribution >= 4 is 14.3 Å². The van der Waals surface area contributed by atoms with Gasteiger partial charge in [-0.15, -0.1) is 0 Å². The highest BCUT2D eigenvalue weighted by molar-refractivity contribution is 6.72. The molecule has 0 aliphatic rings. The maximum atomic E-state index is 11.2. The van der Waals surface area contributed by atoms with E-state index in [2.05, 4.69) is 20.0 Å². The minimum Gasteiger partial charge on any atom is -0.463 e. The van der Waals surface area contributed by atoms with Gasteiger partial charge in [0.05, 0.1) is 6.61 Å². The minimum atomic E-state index is -1.66. The van der Waals surface area contributed by atoms with Gasteiger partial charge < -0.3 is 9.16 Å². The molecule has 4 heteroatoms. The molecule has 0 radical (unpaired) electrons. The van der Waals surface area contributed by atoms with Crippen molar-refractivity contribution in [1.82, 2.24) is 0 Å². The molecule has 0 aromatic carbocycles. The van der Waals surface area contributed by atoms with Crippen LogP contribution in [0.25, 0.3) is 0 Å². The van der Waals surface area contributed by atoms with Crippen LogP contribution < -0.4 is 0 Å². The van der Waals surface area contributed by atoms with Crippen molar-refractivity contribution in [3.05, 3.63) is 12.2 Å². The SMILES string of the molecule is C=C(C)C(=O)OCC[Si](C)(CCC)OCC. The molecule has 0 N–H and O–H groups in total. The molecule has 0 aromatic rings. The second-order valence-electron chi connectivity index (χ2n) is 4.30. The molecule has 0 aliphatic heterocycles. The molecule has 3 nitrogen and oxygen atoms in total. The molecule has 1 unspecified atom stereocenters. The number of carbonyl (C=O) groups excluding carboxylic acids is 1. The average molecular weight is 244 g/mol. The number of ether oxygens (including phenoxy) is 1. The van der Waals surface area contributed by atoms with E-state index in [0.29, 0.717) is 12.2 Å². The first-order valence-electron chi connectivity index (χ1n) is 5.91. The van der Waals surface area contributed by atoms with Crippen LogP contribution in [0, 0.1) is 0 Å². The molecule has 1 atom stereocenters. The summed E-state index contributed by atoms with van der Waals surface area (Å²) in [6, 6.07) is 1.99. The molecule has 0 spiro atoms. The highest BCUT2D eigenvalue weighted by Crippen LogP contribution is 2.19. The van der Waals surface area contributed by atoms with E-state index in [1.807, 2.05) is 6.92 Å². The van der Waals surface area contributed by atoms with Crippen LogP contribution in [0.4, 0.5) is 0 Å². The zero-order valence-electron chi connectivity index (χ0n) is 11.0. The fraction of sp³-hybridized carbons (Fsp3) is 0.750. The number of hydrogen-bond acceptors (Lipinski definition) is 3. The van der Waals surface area contributed by atoms with Gasteiger partial charge in [-0.1, -0.05) is 19.9 Å². The number of esters is 1. The van der Waals surface area contributed by atoms with Crippen molar-refractivity contribution in [1.29, 1.82) is 0 Å². The summed E-state index contributed by atoms with van der Waals surface area (Å²) in [5, 5.41) is 0. The molecule has 94 valence electrons. The monoisotopic (exact) mass is 244 g/mol. The topological polar surface area (TPSA) is 35.5 Å². The Kier molecular flexibility index (Phi) is 7.33. The quantitative estimate of drug-likeness (QED) is 0.374. The van der Waals surface area contributed by atoms with Crippen molar-refractivity contribution in [2.45, 2.75) is 45.8 Å². The van der Waals surface area contributed by atoms with E-state index in [4.69, 9.17) is 9.16 Å². The van der Waals surface area contributed by atoms with Gasteiger partial charge in [0.2, 0.25) is 0 Å². The van der Waals surface area contributed by atoms with Gasteiger partial charge in [-0.05, 0) is 26.4 Å². The Labute approximate surface area is 100.0 Å². The maximum absolute atomic E-state index is 11.2. The van der Waals surface area contributed by atoms with E-state index in [-0.39, 0.29) is 5.97 Å². The molecule has 0 bridgehead atoms. The summed E-state index contributed by atoms with van der Waals surface area (Å²) >= 11 is 0. The van der Waals surface area contributed by atoms with Crippen molar-refractivity contribution in [3.8, 4) is 0 Å². The lowest BCUT2D eigenvalue weighted by molar-refractivity contribution is -0.138. The van der Waals surface area contributed by atoms with Gasteiger partial charge in [0.25, 0.3) is 0 Å². The second-order valence-corrected chi connectivity index (χ2v) is 8.49. The molecule has 0 rings (SSSR count). The fourth-order valence-electron chi connectivity index (χ4n) is 1.63. The van der Waals surface area contributed by atoms with Crippen LogP contribution in [0.2, 0.25) is 18.6 Å². The number of hydrogen-bond donors (Lipinski definition) is 0. The molecule has 0 saturated heterocycles. The summed E-state index contributed by atoms with van der Waals surface area (Å²) in [5.74, 6) is -0.302. The molecule has 0 amide bonds. The fourth-order valence-corrected chi connectivity index (χ4v) is 4.46. The molecule has 16 heavy (non-hydrogen) atoms. The van der Waals surface area contributed by atoms with Crippen LogP contribution in [0.3, 0.4) is 0 Å². The molecular formula is C12H24O3Si. The summed E-state index contributed by atoms with van der Waals surface area (Å²) in [6.07, 6.45) is 1.12. The molecular weight excluding hydrogens is 220 g/mol. The minimum absolute atomic E-state index is 0.302. The molecule has 0 heterocycles. The first-order chi connectivity index (χ1) is 7.45. The lowest BCUT2D eigenvalue weighted by atomic mass is 10.4. The van der Waals surface area contributed by atoms with Crippen LogP contribution in [-0.4, -0.2) is 27.5 Å². The van der Waals surface area contributed by atoms with Crippen LogP contribution >= 0.6 is 0 Å². The third-order valence-corrected chi connectivity index (χ3v) is 6.29. The van der Waals surface area contributed by atoms with Gasteiger partial charge in [0.15, 0.2) is 8.32 Å². The molecule has 0 aliphatic carbocycles. The summed E-state index contributed by atoms with van der Waals surface area (Å²) in [5.41, 5.74) is 0.454. The molecule has 0 saturated carbocycles. The highest BCUT2D eigenvalue weighted by Gasteiger charge is 2.27. The molecule has 0 fully saturated rings. The van der Waals surface area contributed by atoms with E-state index in [0.717, 1.165) is 25.1 Å². The summed E-state index contributed by atoms with van der Waals surface area (Å²) in [4.78, 5) is 11.2. The zero-order chi connectivity index (χ0) is 12.6. The zero-order valence-corrected chi connectivity index (χ0v) is 12.0. The van der Waals surface area contributed by atoms with Gasteiger partial charge in [0.1, 0.15) is 0 Å². The Bertz CT molecular complexity index is 232.